The summed E-state index contributed by atoms with van der Waals surface area (Å²) in [6, 6.07) is 10.4. The number of hydrogen-bond acceptors (Lipinski definition) is 3. The standard InChI is InChI=1S/C20H30N4O2.HI/c1-2-21-20(23-12-11-22-19(25)16-8-9-16)24-14-17-10-13-26-18(17)15-6-4-3-5-7-15;/h3-7,16-18H,2,8-14H2,1H3,(H,22,25)(H2,21,23,24);1H. The third-order valence-corrected chi connectivity index (χ3v) is 4.84. The first kappa shape index (κ1) is 21.9. The molecule has 1 aliphatic carbocycles. The van der Waals surface area contributed by atoms with Crippen LogP contribution in [-0.4, -0.2) is 44.7 Å². The van der Waals surface area contributed by atoms with Crippen molar-refractivity contribution in [2.75, 3.05) is 32.8 Å². The van der Waals surface area contributed by atoms with Gasteiger partial charge in [0.1, 0.15) is 0 Å². The summed E-state index contributed by atoms with van der Waals surface area (Å²) in [5, 5.41) is 9.53. The van der Waals surface area contributed by atoms with Crippen LogP contribution in [0.15, 0.2) is 35.3 Å². The van der Waals surface area contributed by atoms with Crippen molar-refractivity contribution in [2.45, 2.75) is 32.3 Å². The van der Waals surface area contributed by atoms with Gasteiger partial charge in [-0.2, -0.15) is 0 Å². The van der Waals surface area contributed by atoms with Gasteiger partial charge in [0.2, 0.25) is 5.91 Å². The Hall–Kier alpha value is -1.35. The number of hydrogen-bond donors (Lipinski definition) is 3. The van der Waals surface area contributed by atoms with Gasteiger partial charge in [0.15, 0.2) is 5.96 Å². The molecule has 150 valence electrons. The molecular weight excluding hydrogens is 455 g/mol. The van der Waals surface area contributed by atoms with Crippen LogP contribution >= 0.6 is 24.0 Å². The Morgan fingerprint density at radius 3 is 2.56 bits per heavy atom. The number of rotatable bonds is 8. The molecule has 1 saturated heterocycles. The van der Waals surface area contributed by atoms with Crippen LogP contribution in [-0.2, 0) is 9.53 Å². The van der Waals surface area contributed by atoms with E-state index in [0.717, 1.165) is 44.9 Å². The lowest BCUT2D eigenvalue weighted by molar-refractivity contribution is -0.122. The lowest BCUT2D eigenvalue weighted by atomic mass is 9.95. The summed E-state index contributed by atoms with van der Waals surface area (Å²) in [5.41, 5.74) is 1.23. The fourth-order valence-electron chi connectivity index (χ4n) is 3.24. The van der Waals surface area contributed by atoms with Gasteiger partial charge in [0.25, 0.3) is 0 Å². The molecule has 0 radical (unpaired) electrons. The molecule has 1 aromatic rings. The SMILES string of the molecule is CCNC(=NCC1CCOC1c1ccccc1)NCCNC(=O)C1CC1.I. The molecule has 0 bridgehead atoms. The number of nitrogens with one attached hydrogen (secondary N) is 3. The third kappa shape index (κ3) is 6.95. The van der Waals surface area contributed by atoms with Crippen LogP contribution in [0, 0.1) is 11.8 Å². The molecule has 6 nitrogen and oxygen atoms in total. The van der Waals surface area contributed by atoms with Gasteiger partial charge in [-0.25, -0.2) is 0 Å². The average Bonchev–Trinajstić information content (AvgIpc) is 3.42. The van der Waals surface area contributed by atoms with Crippen LogP contribution in [0.5, 0.6) is 0 Å². The molecule has 0 aromatic heterocycles. The highest BCUT2D eigenvalue weighted by Gasteiger charge is 2.30. The second kappa shape index (κ2) is 11.5. The van der Waals surface area contributed by atoms with E-state index in [0.29, 0.717) is 19.0 Å². The highest BCUT2D eigenvalue weighted by atomic mass is 127. The molecular formula is C20H31IN4O2. The van der Waals surface area contributed by atoms with E-state index < -0.39 is 0 Å². The maximum absolute atomic E-state index is 11.6. The van der Waals surface area contributed by atoms with Gasteiger partial charge in [-0.15, -0.1) is 24.0 Å². The van der Waals surface area contributed by atoms with Gasteiger partial charge >= 0.3 is 0 Å². The van der Waals surface area contributed by atoms with E-state index in [2.05, 4.69) is 47.1 Å². The van der Waals surface area contributed by atoms with Gasteiger partial charge in [-0.3, -0.25) is 9.79 Å². The van der Waals surface area contributed by atoms with E-state index in [-0.39, 0.29) is 41.9 Å². The van der Waals surface area contributed by atoms with Crippen LogP contribution in [0.1, 0.15) is 37.9 Å². The van der Waals surface area contributed by atoms with Crippen molar-refractivity contribution < 1.29 is 9.53 Å². The van der Waals surface area contributed by atoms with Gasteiger partial charge in [0.05, 0.1) is 6.10 Å². The Labute approximate surface area is 178 Å². The first-order chi connectivity index (χ1) is 12.8. The molecule has 3 N–H and O–H groups in total. The van der Waals surface area contributed by atoms with Crippen molar-refractivity contribution in [3.8, 4) is 0 Å². The first-order valence-corrected chi connectivity index (χ1v) is 9.74. The Bertz CT molecular complexity index is 607. The van der Waals surface area contributed by atoms with E-state index in [9.17, 15) is 4.79 Å². The molecule has 2 aliphatic rings. The minimum absolute atomic E-state index is 0. The summed E-state index contributed by atoms with van der Waals surface area (Å²) in [5.74, 6) is 1.63. The molecule has 27 heavy (non-hydrogen) atoms. The van der Waals surface area contributed by atoms with Crippen LogP contribution in [0.3, 0.4) is 0 Å². The van der Waals surface area contributed by atoms with E-state index >= 15 is 0 Å². The second-order valence-electron chi connectivity index (χ2n) is 6.96. The van der Waals surface area contributed by atoms with Crippen LogP contribution in [0.4, 0.5) is 0 Å². The molecule has 1 aliphatic heterocycles. The number of nitrogens with zero attached hydrogens (tertiary/aromatic N) is 1. The quantitative estimate of drug-likeness (QED) is 0.229. The van der Waals surface area contributed by atoms with Crippen LogP contribution in [0.2, 0.25) is 0 Å². The number of carbonyl (C=O) groups excluding carboxylic acids is 1. The van der Waals surface area contributed by atoms with Gasteiger partial charge in [0, 0.05) is 44.6 Å². The second-order valence-corrected chi connectivity index (χ2v) is 6.96. The van der Waals surface area contributed by atoms with Crippen molar-refractivity contribution in [2.24, 2.45) is 16.8 Å². The lowest BCUT2D eigenvalue weighted by Crippen LogP contribution is -2.42. The van der Waals surface area contributed by atoms with Crippen molar-refractivity contribution >= 4 is 35.8 Å². The largest absolute Gasteiger partial charge is 0.373 e. The van der Waals surface area contributed by atoms with Crippen LogP contribution in [0.25, 0.3) is 0 Å². The monoisotopic (exact) mass is 486 g/mol. The Morgan fingerprint density at radius 2 is 1.85 bits per heavy atom. The predicted molar refractivity (Wildman–Crippen MR) is 118 cm³/mol. The zero-order valence-corrected chi connectivity index (χ0v) is 18.3. The van der Waals surface area contributed by atoms with E-state index in [4.69, 9.17) is 9.73 Å². The topological polar surface area (TPSA) is 74.8 Å². The lowest BCUT2D eigenvalue weighted by Gasteiger charge is -2.18. The Balaban J connectivity index is 0.00000261. The number of benzene rings is 1. The normalized spacial score (nSPS) is 22.0. The summed E-state index contributed by atoms with van der Waals surface area (Å²) in [6.07, 6.45) is 3.23. The number of carbonyl (C=O) groups is 1. The van der Waals surface area contributed by atoms with E-state index in [1.54, 1.807) is 0 Å². The number of amides is 1. The molecule has 1 saturated carbocycles. The number of guanidine groups is 1. The molecule has 1 amide bonds. The molecule has 2 atom stereocenters. The van der Waals surface area contributed by atoms with Crippen LogP contribution < -0.4 is 16.0 Å². The summed E-state index contributed by atoms with van der Waals surface area (Å²) >= 11 is 0. The van der Waals surface area contributed by atoms with Crippen molar-refractivity contribution in [1.82, 2.24) is 16.0 Å². The van der Waals surface area contributed by atoms with Gasteiger partial charge < -0.3 is 20.7 Å². The molecule has 2 fully saturated rings. The molecule has 7 heteroatoms. The maximum Gasteiger partial charge on any atom is 0.223 e. The highest BCUT2D eigenvalue weighted by molar-refractivity contribution is 14.0. The smallest absolute Gasteiger partial charge is 0.223 e. The molecule has 1 heterocycles. The third-order valence-electron chi connectivity index (χ3n) is 4.84. The predicted octanol–water partition coefficient (Wildman–Crippen LogP) is 2.46. The van der Waals surface area contributed by atoms with E-state index in [1.807, 2.05) is 6.07 Å². The number of halogens is 1. The van der Waals surface area contributed by atoms with E-state index in [1.165, 1.54) is 5.56 Å². The Kier molecular flexibility index (Phi) is 9.33. The zero-order valence-electron chi connectivity index (χ0n) is 15.9. The Morgan fingerprint density at radius 1 is 1.11 bits per heavy atom. The zero-order chi connectivity index (χ0) is 18.2. The van der Waals surface area contributed by atoms with Gasteiger partial charge in [-0.1, -0.05) is 30.3 Å². The van der Waals surface area contributed by atoms with Crippen molar-refractivity contribution in [1.29, 1.82) is 0 Å². The molecule has 3 rings (SSSR count). The summed E-state index contributed by atoms with van der Waals surface area (Å²) in [4.78, 5) is 16.4. The molecule has 1 aromatic carbocycles. The maximum atomic E-state index is 11.6. The fraction of sp³-hybridized carbons (Fsp3) is 0.600. The average molecular weight is 486 g/mol. The summed E-state index contributed by atoms with van der Waals surface area (Å²) < 4.78 is 5.94. The van der Waals surface area contributed by atoms with Gasteiger partial charge in [-0.05, 0) is 31.7 Å². The summed E-state index contributed by atoms with van der Waals surface area (Å²) in [6.45, 7) is 5.67. The fourth-order valence-corrected chi connectivity index (χ4v) is 3.24. The minimum atomic E-state index is 0. The minimum Gasteiger partial charge on any atom is -0.373 e. The number of aliphatic imine (C=N–C) groups is 1. The summed E-state index contributed by atoms with van der Waals surface area (Å²) in [7, 11) is 0. The molecule has 0 spiro atoms. The molecule has 2 unspecified atom stereocenters. The van der Waals surface area contributed by atoms with Crippen molar-refractivity contribution in [3.05, 3.63) is 35.9 Å². The number of ether oxygens (including phenoxy) is 1. The highest BCUT2D eigenvalue weighted by Crippen LogP contribution is 2.34. The van der Waals surface area contributed by atoms with Crippen molar-refractivity contribution in [3.63, 3.8) is 0 Å². The first-order valence-electron chi connectivity index (χ1n) is 9.74.